The van der Waals surface area contributed by atoms with Crippen LogP contribution in [0.4, 0.5) is 15.8 Å². The van der Waals surface area contributed by atoms with Crippen molar-refractivity contribution in [2.45, 2.75) is 24.8 Å². The number of hydrogen-bond donors (Lipinski definition) is 2. The van der Waals surface area contributed by atoms with E-state index in [0.29, 0.717) is 44.0 Å². The number of hydrogen-bond acceptors (Lipinski definition) is 5. The zero-order chi connectivity index (χ0) is 25.0. The number of aryl methyl sites for hydroxylation is 1. The zero-order valence-corrected chi connectivity index (χ0v) is 20.3. The number of nitrogens with zero attached hydrogens (tertiary/aromatic N) is 2. The molecule has 1 aliphatic heterocycles. The molecule has 7 nitrogen and oxygen atoms in total. The normalized spacial score (nSPS) is 14.6. The molecule has 2 N–H and O–H groups in total. The fraction of sp³-hybridized carbons (Fsp3) is 0.269. The van der Waals surface area contributed by atoms with Crippen molar-refractivity contribution in [3.63, 3.8) is 0 Å². The second-order valence-corrected chi connectivity index (χ2v) is 10.2. The predicted molar refractivity (Wildman–Crippen MR) is 134 cm³/mol. The van der Waals surface area contributed by atoms with Crippen LogP contribution in [0.2, 0.25) is 0 Å². The first-order valence-electron chi connectivity index (χ1n) is 11.5. The first kappa shape index (κ1) is 24.7. The van der Waals surface area contributed by atoms with Gasteiger partial charge in [0, 0.05) is 38.3 Å². The Morgan fingerprint density at radius 1 is 1.00 bits per heavy atom. The zero-order valence-electron chi connectivity index (χ0n) is 19.4. The molecule has 0 radical (unpaired) electrons. The summed E-state index contributed by atoms with van der Waals surface area (Å²) in [7, 11) is -3.92. The van der Waals surface area contributed by atoms with Crippen LogP contribution in [-0.4, -0.2) is 50.6 Å². The Bertz CT molecular complexity index is 1300. The number of halogens is 1. The van der Waals surface area contributed by atoms with Crippen molar-refractivity contribution >= 4 is 27.4 Å². The lowest BCUT2D eigenvalue weighted by Gasteiger charge is -2.37. The topological polar surface area (TPSA) is 89.9 Å². The van der Waals surface area contributed by atoms with Crippen LogP contribution in [-0.2, 0) is 23.0 Å². The van der Waals surface area contributed by atoms with Gasteiger partial charge in [0.05, 0.1) is 21.8 Å². The van der Waals surface area contributed by atoms with Crippen LogP contribution < -0.4 is 9.62 Å². The maximum absolute atomic E-state index is 14.0. The Morgan fingerprint density at radius 3 is 2.31 bits per heavy atom. The van der Waals surface area contributed by atoms with Crippen molar-refractivity contribution in [2.24, 2.45) is 0 Å². The van der Waals surface area contributed by atoms with Crippen LogP contribution >= 0.6 is 0 Å². The molecule has 35 heavy (non-hydrogen) atoms. The van der Waals surface area contributed by atoms with E-state index in [4.69, 9.17) is 0 Å². The van der Waals surface area contributed by atoms with Crippen molar-refractivity contribution in [3.8, 4) is 0 Å². The summed E-state index contributed by atoms with van der Waals surface area (Å²) in [5, 5.41) is 9.45. The Kier molecular flexibility index (Phi) is 7.37. The van der Waals surface area contributed by atoms with E-state index < -0.39 is 16.0 Å². The number of piperazine rings is 1. The van der Waals surface area contributed by atoms with Gasteiger partial charge in [0.15, 0.2) is 0 Å². The van der Waals surface area contributed by atoms with Gasteiger partial charge in [0.1, 0.15) is 5.82 Å². The van der Waals surface area contributed by atoms with E-state index in [-0.39, 0.29) is 22.0 Å². The molecule has 1 saturated heterocycles. The molecule has 0 atom stereocenters. The van der Waals surface area contributed by atoms with E-state index in [2.05, 4.69) is 9.62 Å². The summed E-state index contributed by atoms with van der Waals surface area (Å²) in [5.74, 6) is -1.37. The second-order valence-electron chi connectivity index (χ2n) is 8.49. The highest BCUT2D eigenvalue weighted by Gasteiger charge is 2.23. The predicted octanol–water partition coefficient (Wildman–Crippen LogP) is 4.21. The largest absolute Gasteiger partial charge is 0.478 e. The Labute approximate surface area is 204 Å². The fourth-order valence-corrected chi connectivity index (χ4v) is 5.21. The second kappa shape index (κ2) is 10.5. The van der Waals surface area contributed by atoms with Crippen molar-refractivity contribution < 1.29 is 22.7 Å². The van der Waals surface area contributed by atoms with E-state index >= 15 is 0 Å². The third-order valence-electron chi connectivity index (χ3n) is 6.19. The molecule has 1 heterocycles. The number of sulfonamides is 1. The summed E-state index contributed by atoms with van der Waals surface area (Å²) in [6.45, 7) is 4.95. The highest BCUT2D eigenvalue weighted by molar-refractivity contribution is 7.92. The van der Waals surface area contributed by atoms with Gasteiger partial charge in [0.25, 0.3) is 10.0 Å². The Morgan fingerprint density at radius 2 is 1.69 bits per heavy atom. The van der Waals surface area contributed by atoms with E-state index in [1.165, 1.54) is 18.2 Å². The number of carbonyl (C=O) groups is 1. The summed E-state index contributed by atoms with van der Waals surface area (Å²) < 4.78 is 42.8. The van der Waals surface area contributed by atoms with Crippen LogP contribution in [0.25, 0.3) is 0 Å². The van der Waals surface area contributed by atoms with Crippen molar-refractivity contribution in [3.05, 3.63) is 89.2 Å². The van der Waals surface area contributed by atoms with Crippen molar-refractivity contribution in [1.29, 1.82) is 0 Å². The quantitative estimate of drug-likeness (QED) is 0.485. The van der Waals surface area contributed by atoms with Crippen LogP contribution in [0.15, 0.2) is 71.6 Å². The van der Waals surface area contributed by atoms with Gasteiger partial charge in [-0.2, -0.15) is 0 Å². The number of carboxylic acid groups (broad SMARTS) is 1. The van der Waals surface area contributed by atoms with Gasteiger partial charge in [0.2, 0.25) is 0 Å². The van der Waals surface area contributed by atoms with Gasteiger partial charge in [-0.05, 0) is 48.4 Å². The lowest BCUT2D eigenvalue weighted by molar-refractivity contribution is 0.0697. The number of aromatic carboxylic acids is 1. The molecule has 0 aromatic heterocycles. The highest BCUT2D eigenvalue weighted by Crippen LogP contribution is 2.31. The van der Waals surface area contributed by atoms with Gasteiger partial charge >= 0.3 is 5.97 Å². The molecule has 184 valence electrons. The monoisotopic (exact) mass is 497 g/mol. The highest BCUT2D eigenvalue weighted by atomic mass is 32.2. The summed E-state index contributed by atoms with van der Waals surface area (Å²) in [6, 6.07) is 17.8. The first-order valence-corrected chi connectivity index (χ1v) is 12.9. The third kappa shape index (κ3) is 5.80. The smallest absolute Gasteiger partial charge is 0.335 e. The fourth-order valence-electron chi connectivity index (χ4n) is 4.15. The molecule has 1 fully saturated rings. The van der Waals surface area contributed by atoms with E-state index in [0.717, 1.165) is 12.0 Å². The third-order valence-corrected chi connectivity index (χ3v) is 7.58. The van der Waals surface area contributed by atoms with Crippen molar-refractivity contribution in [1.82, 2.24) is 4.90 Å². The van der Waals surface area contributed by atoms with Gasteiger partial charge in [-0.25, -0.2) is 17.6 Å². The van der Waals surface area contributed by atoms with Crippen LogP contribution in [0.5, 0.6) is 0 Å². The van der Waals surface area contributed by atoms with Crippen LogP contribution in [0.1, 0.15) is 28.4 Å². The number of anilines is 2. The van der Waals surface area contributed by atoms with Gasteiger partial charge < -0.3 is 10.0 Å². The molecule has 1 aliphatic rings. The molecule has 9 heteroatoms. The SMILES string of the molecule is CCc1ccc(S(=O)(=O)Nc2cc(C(=O)O)ccc2N2CCN(Cc3ccccc3F)CC2)cc1. The molecule has 0 bridgehead atoms. The van der Waals surface area contributed by atoms with Gasteiger partial charge in [-0.15, -0.1) is 0 Å². The average molecular weight is 498 g/mol. The van der Waals surface area contributed by atoms with E-state index in [1.54, 1.807) is 42.5 Å². The minimum absolute atomic E-state index is 0.00836. The maximum atomic E-state index is 14.0. The summed E-state index contributed by atoms with van der Waals surface area (Å²) >= 11 is 0. The van der Waals surface area contributed by atoms with Gasteiger partial charge in [-0.3, -0.25) is 9.62 Å². The summed E-state index contributed by atoms with van der Waals surface area (Å²) in [6.07, 6.45) is 0.793. The first-order chi connectivity index (χ1) is 16.8. The van der Waals surface area contributed by atoms with Gasteiger partial charge in [-0.1, -0.05) is 37.3 Å². The molecule has 0 aliphatic carbocycles. The molecule has 0 saturated carbocycles. The van der Waals surface area contributed by atoms with Crippen LogP contribution in [0.3, 0.4) is 0 Å². The lowest BCUT2D eigenvalue weighted by Crippen LogP contribution is -2.46. The van der Waals surface area contributed by atoms with Crippen LogP contribution in [0, 0.1) is 5.82 Å². The Hall–Kier alpha value is -3.43. The molecular formula is C26H28FN3O4S. The lowest BCUT2D eigenvalue weighted by atomic mass is 10.1. The molecule has 3 aromatic carbocycles. The van der Waals surface area contributed by atoms with E-state index in [9.17, 15) is 22.7 Å². The summed E-state index contributed by atoms with van der Waals surface area (Å²) in [4.78, 5) is 15.8. The number of rotatable bonds is 8. The maximum Gasteiger partial charge on any atom is 0.335 e. The van der Waals surface area contributed by atoms with Crippen molar-refractivity contribution in [2.75, 3.05) is 35.8 Å². The molecule has 0 spiro atoms. The molecule has 0 unspecified atom stereocenters. The number of benzene rings is 3. The molecule has 4 rings (SSSR count). The number of nitrogens with one attached hydrogen (secondary N) is 1. The summed E-state index contributed by atoms with van der Waals surface area (Å²) in [5.41, 5.74) is 2.47. The Balaban J connectivity index is 1.54. The molecule has 3 aromatic rings. The molecule has 0 amide bonds. The standard InChI is InChI=1S/C26H28FN3O4S/c1-2-19-7-10-22(11-8-19)35(33,34)28-24-17-20(26(31)32)9-12-25(24)30-15-13-29(14-16-30)18-21-5-3-4-6-23(21)27/h3-12,17,28H,2,13-16,18H2,1H3,(H,31,32). The minimum atomic E-state index is -3.92. The average Bonchev–Trinajstić information content (AvgIpc) is 2.86. The minimum Gasteiger partial charge on any atom is -0.478 e. The molecular weight excluding hydrogens is 469 g/mol. The number of carboxylic acids is 1. The van der Waals surface area contributed by atoms with E-state index in [1.807, 2.05) is 17.9 Å².